The van der Waals surface area contributed by atoms with Crippen LogP contribution in [0.5, 0.6) is 0 Å². The molecule has 0 saturated heterocycles. The number of hydrogen-bond donors (Lipinski definition) is 1. The van der Waals surface area contributed by atoms with Gasteiger partial charge in [-0.25, -0.2) is 0 Å². The Balaban J connectivity index is 1.81. The number of para-hydroxylation sites is 1. The molecule has 0 radical (unpaired) electrons. The lowest BCUT2D eigenvalue weighted by atomic mass is 10.1. The first-order valence-corrected chi connectivity index (χ1v) is 9.86. The first-order valence-electron chi connectivity index (χ1n) is 9.86. The zero-order valence-corrected chi connectivity index (χ0v) is 17.3. The van der Waals surface area contributed by atoms with Crippen molar-refractivity contribution in [3.8, 4) is 0 Å². The van der Waals surface area contributed by atoms with E-state index in [4.69, 9.17) is 0 Å². The highest BCUT2D eigenvalue weighted by molar-refractivity contribution is 6.04. The Kier molecular flexibility index (Phi) is 5.19. The Morgan fingerprint density at radius 1 is 0.933 bits per heavy atom. The van der Waals surface area contributed by atoms with Gasteiger partial charge in [-0.2, -0.15) is 0 Å². The van der Waals surface area contributed by atoms with Crippen LogP contribution in [0, 0.1) is 20.8 Å². The third-order valence-corrected chi connectivity index (χ3v) is 5.42. The molecule has 0 atom stereocenters. The van der Waals surface area contributed by atoms with E-state index in [1.54, 1.807) is 29.3 Å². The lowest BCUT2D eigenvalue weighted by Gasteiger charge is -2.23. The van der Waals surface area contributed by atoms with Gasteiger partial charge in [0.05, 0.1) is 12.1 Å². The smallest absolute Gasteiger partial charge is 0.277 e. The molecule has 5 heteroatoms. The predicted octanol–water partition coefficient (Wildman–Crippen LogP) is 4.70. The van der Waals surface area contributed by atoms with Crippen LogP contribution in [-0.4, -0.2) is 15.9 Å². The highest BCUT2D eigenvalue weighted by atomic mass is 16.2. The van der Waals surface area contributed by atoms with Crippen molar-refractivity contribution in [1.82, 2.24) is 9.97 Å². The number of nitrogens with zero attached hydrogens (tertiary/aromatic N) is 2. The molecule has 0 spiro atoms. The molecule has 0 aliphatic heterocycles. The maximum Gasteiger partial charge on any atom is 0.277 e. The second-order valence-electron chi connectivity index (χ2n) is 7.54. The van der Waals surface area contributed by atoms with E-state index >= 15 is 0 Å². The predicted molar refractivity (Wildman–Crippen MR) is 120 cm³/mol. The minimum atomic E-state index is -0.248. The van der Waals surface area contributed by atoms with E-state index in [2.05, 4.69) is 9.97 Å². The lowest BCUT2D eigenvalue weighted by molar-refractivity contribution is 0.0980. The van der Waals surface area contributed by atoms with Crippen LogP contribution in [0.15, 0.2) is 71.7 Å². The fourth-order valence-corrected chi connectivity index (χ4v) is 3.52. The largest absolute Gasteiger partial charge is 0.321 e. The minimum absolute atomic E-state index is 0.150. The molecule has 0 aliphatic carbocycles. The number of aryl methyl sites for hydroxylation is 3. The second kappa shape index (κ2) is 7.95. The molecule has 0 saturated carbocycles. The van der Waals surface area contributed by atoms with Gasteiger partial charge in [0.2, 0.25) is 0 Å². The number of H-pyrrole nitrogens is 1. The Morgan fingerprint density at radius 2 is 1.77 bits per heavy atom. The highest BCUT2D eigenvalue weighted by Gasteiger charge is 2.21. The summed E-state index contributed by atoms with van der Waals surface area (Å²) in [6.45, 7) is 6.15. The van der Waals surface area contributed by atoms with E-state index in [1.807, 2.05) is 63.2 Å². The van der Waals surface area contributed by atoms with Crippen molar-refractivity contribution in [2.75, 3.05) is 4.90 Å². The standard InChI is InChI=1S/C25H23N3O2/c1-16-10-11-21(13-18(16)3)28(25(30)22-9-4-5-12-26-22)15-20-14-19-8-6-7-17(2)23(19)27-24(20)29/h4-14H,15H2,1-3H3,(H,27,29). The van der Waals surface area contributed by atoms with Gasteiger partial charge in [0, 0.05) is 17.4 Å². The Labute approximate surface area is 175 Å². The number of aromatic amines is 1. The fraction of sp³-hybridized carbons (Fsp3) is 0.160. The lowest BCUT2D eigenvalue weighted by Crippen LogP contribution is -2.33. The van der Waals surface area contributed by atoms with Crippen LogP contribution in [0.1, 0.15) is 32.7 Å². The fourth-order valence-electron chi connectivity index (χ4n) is 3.52. The van der Waals surface area contributed by atoms with Gasteiger partial charge in [0.1, 0.15) is 5.69 Å². The van der Waals surface area contributed by atoms with Crippen molar-refractivity contribution in [2.45, 2.75) is 27.3 Å². The van der Waals surface area contributed by atoms with E-state index < -0.39 is 0 Å². The molecular formula is C25H23N3O2. The number of benzene rings is 2. The molecule has 2 aromatic heterocycles. The highest BCUT2D eigenvalue weighted by Crippen LogP contribution is 2.23. The van der Waals surface area contributed by atoms with E-state index in [1.165, 1.54) is 0 Å². The van der Waals surface area contributed by atoms with Crippen LogP contribution in [0.2, 0.25) is 0 Å². The van der Waals surface area contributed by atoms with E-state index in [-0.39, 0.29) is 18.0 Å². The van der Waals surface area contributed by atoms with Gasteiger partial charge in [-0.3, -0.25) is 14.6 Å². The first kappa shape index (κ1) is 19.6. The quantitative estimate of drug-likeness (QED) is 0.543. The van der Waals surface area contributed by atoms with Crippen LogP contribution in [-0.2, 0) is 6.54 Å². The zero-order valence-electron chi connectivity index (χ0n) is 17.3. The number of amides is 1. The number of fused-ring (bicyclic) bond motifs is 1. The Bertz CT molecular complexity index is 1290. The average molecular weight is 397 g/mol. The maximum absolute atomic E-state index is 13.3. The van der Waals surface area contributed by atoms with Crippen LogP contribution in [0.25, 0.3) is 10.9 Å². The summed E-state index contributed by atoms with van der Waals surface area (Å²) < 4.78 is 0. The third-order valence-electron chi connectivity index (χ3n) is 5.42. The van der Waals surface area contributed by atoms with E-state index in [0.717, 1.165) is 33.3 Å². The van der Waals surface area contributed by atoms with Gasteiger partial charge < -0.3 is 9.88 Å². The summed E-state index contributed by atoms with van der Waals surface area (Å²) in [5.41, 5.74) is 5.44. The third kappa shape index (κ3) is 3.74. The SMILES string of the molecule is Cc1ccc(N(Cc2cc3cccc(C)c3[nH]c2=O)C(=O)c2ccccn2)cc1C. The Morgan fingerprint density at radius 3 is 2.50 bits per heavy atom. The molecule has 5 nitrogen and oxygen atoms in total. The second-order valence-corrected chi connectivity index (χ2v) is 7.54. The number of pyridine rings is 2. The molecule has 0 unspecified atom stereocenters. The van der Waals surface area contributed by atoms with Gasteiger partial charge in [0.25, 0.3) is 11.5 Å². The van der Waals surface area contributed by atoms with Gasteiger partial charge in [0.15, 0.2) is 0 Å². The molecule has 4 rings (SSSR count). The molecule has 0 aliphatic rings. The number of anilines is 1. The van der Waals surface area contributed by atoms with E-state index in [9.17, 15) is 9.59 Å². The van der Waals surface area contributed by atoms with Crippen molar-refractivity contribution in [3.05, 3.63) is 105 Å². The molecule has 30 heavy (non-hydrogen) atoms. The van der Waals surface area contributed by atoms with Crippen LogP contribution < -0.4 is 10.5 Å². The monoisotopic (exact) mass is 397 g/mol. The molecule has 4 aromatic rings. The van der Waals surface area contributed by atoms with Gasteiger partial charge in [-0.05, 0) is 73.2 Å². The summed E-state index contributed by atoms with van der Waals surface area (Å²) in [5.74, 6) is -0.248. The van der Waals surface area contributed by atoms with E-state index in [0.29, 0.717) is 11.3 Å². The topological polar surface area (TPSA) is 66.1 Å². The Hall–Kier alpha value is -3.73. The molecular weight excluding hydrogens is 374 g/mol. The number of nitrogens with one attached hydrogen (secondary N) is 1. The molecule has 2 heterocycles. The van der Waals surface area contributed by atoms with Crippen molar-refractivity contribution in [2.24, 2.45) is 0 Å². The van der Waals surface area contributed by atoms with Crippen molar-refractivity contribution >= 4 is 22.5 Å². The molecule has 2 aromatic carbocycles. The number of aromatic nitrogens is 2. The number of rotatable bonds is 4. The van der Waals surface area contributed by atoms with Crippen molar-refractivity contribution < 1.29 is 4.79 Å². The number of carbonyl (C=O) groups is 1. The zero-order chi connectivity index (χ0) is 21.3. The van der Waals surface area contributed by atoms with Crippen LogP contribution >= 0.6 is 0 Å². The summed E-state index contributed by atoms with van der Waals surface area (Å²) in [5, 5.41) is 0.940. The molecule has 0 fully saturated rings. The van der Waals surface area contributed by atoms with Crippen molar-refractivity contribution in [1.29, 1.82) is 0 Å². The molecule has 150 valence electrons. The summed E-state index contributed by atoms with van der Waals surface area (Å²) in [6.07, 6.45) is 1.59. The minimum Gasteiger partial charge on any atom is -0.321 e. The summed E-state index contributed by atoms with van der Waals surface area (Å²) >= 11 is 0. The van der Waals surface area contributed by atoms with Gasteiger partial charge >= 0.3 is 0 Å². The van der Waals surface area contributed by atoms with Crippen LogP contribution in [0.4, 0.5) is 5.69 Å². The summed E-state index contributed by atoms with van der Waals surface area (Å²) in [6, 6.07) is 18.8. The number of carbonyl (C=O) groups excluding carboxylic acids is 1. The molecule has 1 N–H and O–H groups in total. The number of hydrogen-bond acceptors (Lipinski definition) is 3. The summed E-state index contributed by atoms with van der Waals surface area (Å²) in [4.78, 5) is 34.9. The van der Waals surface area contributed by atoms with Crippen LogP contribution in [0.3, 0.4) is 0 Å². The van der Waals surface area contributed by atoms with Crippen molar-refractivity contribution in [3.63, 3.8) is 0 Å². The average Bonchev–Trinajstić information content (AvgIpc) is 2.75. The van der Waals surface area contributed by atoms with Gasteiger partial charge in [-0.15, -0.1) is 0 Å². The normalized spacial score (nSPS) is 10.9. The molecule has 0 bridgehead atoms. The summed E-state index contributed by atoms with van der Waals surface area (Å²) in [7, 11) is 0. The first-order chi connectivity index (χ1) is 14.4. The maximum atomic E-state index is 13.3. The molecule has 1 amide bonds. The van der Waals surface area contributed by atoms with Gasteiger partial charge in [-0.1, -0.05) is 30.3 Å².